The van der Waals surface area contributed by atoms with Gasteiger partial charge in [0.2, 0.25) is 0 Å². The molecule has 2 aliphatic carbocycles. The van der Waals surface area contributed by atoms with Gasteiger partial charge >= 0.3 is 0 Å². The number of phenols is 1. The molecule has 0 bridgehead atoms. The summed E-state index contributed by atoms with van der Waals surface area (Å²) in [5.41, 5.74) is 8.69. The van der Waals surface area contributed by atoms with Gasteiger partial charge in [-0.3, -0.25) is 0 Å². The molecule has 2 aromatic carbocycles. The van der Waals surface area contributed by atoms with Gasteiger partial charge in [0.15, 0.2) is 0 Å². The number of benzene rings is 2. The first-order chi connectivity index (χ1) is 19.1. The lowest BCUT2D eigenvalue weighted by molar-refractivity contribution is 0.318. The largest absolute Gasteiger partial charge is 0.508 e. The van der Waals surface area contributed by atoms with Crippen LogP contribution in [0.15, 0.2) is 61.4 Å². The van der Waals surface area contributed by atoms with Crippen LogP contribution in [0, 0.1) is 0 Å². The van der Waals surface area contributed by atoms with Crippen LogP contribution in [0.4, 0.5) is 0 Å². The summed E-state index contributed by atoms with van der Waals surface area (Å²) in [7, 11) is 1.75. The van der Waals surface area contributed by atoms with Gasteiger partial charge in [-0.05, 0) is 111 Å². The van der Waals surface area contributed by atoms with E-state index in [9.17, 15) is 5.11 Å². The number of hydrogen-bond acceptors (Lipinski definition) is 4. The zero-order valence-electron chi connectivity index (χ0n) is 22.9. The highest BCUT2D eigenvalue weighted by Crippen LogP contribution is 2.50. The first-order valence-corrected chi connectivity index (χ1v) is 14.6. The van der Waals surface area contributed by atoms with Crippen LogP contribution < -0.4 is 4.74 Å². The van der Waals surface area contributed by atoms with E-state index in [-0.39, 0.29) is 10.8 Å². The molecule has 0 saturated carbocycles. The Morgan fingerprint density at radius 3 is 1.85 bits per heavy atom. The molecule has 8 rings (SSSR count). The highest BCUT2D eigenvalue weighted by Gasteiger charge is 2.43. The van der Waals surface area contributed by atoms with Crippen molar-refractivity contribution in [3.8, 4) is 11.5 Å². The minimum atomic E-state index is 0.0844. The first kappa shape index (κ1) is 24.5. The quantitative estimate of drug-likeness (QED) is 0.318. The summed E-state index contributed by atoms with van der Waals surface area (Å²) >= 11 is 0. The van der Waals surface area contributed by atoms with Gasteiger partial charge in [0.1, 0.15) is 11.5 Å². The Labute approximate surface area is 230 Å². The maximum Gasteiger partial charge on any atom is 0.119 e. The number of hydrogen-bond donors (Lipinski definition) is 1. The average molecular weight is 523 g/mol. The normalized spacial score (nSPS) is 24.6. The van der Waals surface area contributed by atoms with Crippen molar-refractivity contribution in [2.75, 3.05) is 7.11 Å². The minimum absolute atomic E-state index is 0.0844. The Morgan fingerprint density at radius 2 is 1.26 bits per heavy atom. The van der Waals surface area contributed by atoms with E-state index in [4.69, 9.17) is 4.74 Å². The molecule has 4 aromatic rings. The monoisotopic (exact) mass is 522 g/mol. The molecule has 2 spiro atoms. The van der Waals surface area contributed by atoms with Crippen LogP contribution >= 0.6 is 0 Å². The van der Waals surface area contributed by atoms with Gasteiger partial charge in [-0.25, -0.2) is 9.97 Å². The third-order valence-corrected chi connectivity index (χ3v) is 9.95. The number of ether oxygens (including phenoxy) is 1. The molecule has 39 heavy (non-hydrogen) atoms. The molecule has 4 aliphatic rings. The molecule has 1 N–H and O–H groups in total. The van der Waals surface area contributed by atoms with Gasteiger partial charge in [-0.2, -0.15) is 0 Å². The van der Waals surface area contributed by atoms with Crippen molar-refractivity contribution in [1.82, 2.24) is 19.1 Å². The van der Waals surface area contributed by atoms with E-state index in [0.29, 0.717) is 5.75 Å². The second kappa shape index (κ2) is 9.58. The van der Waals surface area contributed by atoms with Crippen LogP contribution in [-0.2, 0) is 36.8 Å². The number of aromatic nitrogens is 4. The van der Waals surface area contributed by atoms with Gasteiger partial charge in [0, 0.05) is 47.7 Å². The third kappa shape index (κ3) is 3.90. The first-order valence-electron chi connectivity index (χ1n) is 14.6. The molecule has 2 aliphatic heterocycles. The van der Waals surface area contributed by atoms with E-state index in [1.165, 1.54) is 91.4 Å². The number of aromatic hydroxyl groups is 1. The minimum Gasteiger partial charge on any atom is -0.508 e. The summed E-state index contributed by atoms with van der Waals surface area (Å²) in [6.07, 6.45) is 20.1. The number of rotatable bonds is 1. The van der Waals surface area contributed by atoms with Crippen molar-refractivity contribution >= 4 is 0 Å². The van der Waals surface area contributed by atoms with E-state index < -0.39 is 0 Å². The summed E-state index contributed by atoms with van der Waals surface area (Å²) in [6.45, 7) is 2.18. The van der Waals surface area contributed by atoms with Crippen LogP contribution in [0.3, 0.4) is 0 Å². The Morgan fingerprint density at radius 1 is 0.718 bits per heavy atom. The van der Waals surface area contributed by atoms with Gasteiger partial charge in [0.05, 0.1) is 19.8 Å². The standard InChI is InChI=1S/C17H20N2O.C16H18N2O/c1-20-14-6-5-13-4-2-7-17(15(13)10-14)8-3-9-19-12-18-11-16(17)19;19-13-5-4-12-3-1-6-16(14(12)9-13)7-2-8-18-11-17-10-15(16)18/h5-6,10-12H,2-4,7-9H2,1H3;4-5,9-11,19H,1-3,6-8H2. The topological polar surface area (TPSA) is 65.1 Å². The Balaban J connectivity index is 0.000000130. The van der Waals surface area contributed by atoms with Crippen LogP contribution in [0.5, 0.6) is 11.5 Å². The Hall–Kier alpha value is -3.54. The fourth-order valence-corrected chi connectivity index (χ4v) is 8.21. The molecule has 6 nitrogen and oxygen atoms in total. The number of fused-ring (bicyclic) bond motifs is 8. The summed E-state index contributed by atoms with van der Waals surface area (Å²) < 4.78 is 10.1. The summed E-state index contributed by atoms with van der Waals surface area (Å²) in [4.78, 5) is 8.75. The number of imidazole rings is 2. The van der Waals surface area contributed by atoms with Crippen molar-refractivity contribution in [2.45, 2.75) is 88.1 Å². The molecule has 2 aromatic heterocycles. The Kier molecular flexibility index (Phi) is 6.02. The maximum atomic E-state index is 9.88. The zero-order valence-corrected chi connectivity index (χ0v) is 22.9. The predicted molar refractivity (Wildman–Crippen MR) is 151 cm³/mol. The molecule has 0 amide bonds. The van der Waals surface area contributed by atoms with Gasteiger partial charge in [-0.15, -0.1) is 0 Å². The van der Waals surface area contributed by atoms with Crippen molar-refractivity contribution in [1.29, 1.82) is 0 Å². The second-order valence-electron chi connectivity index (χ2n) is 11.9. The van der Waals surface area contributed by atoms with Crippen molar-refractivity contribution in [3.05, 3.63) is 95.1 Å². The summed E-state index contributed by atoms with van der Waals surface area (Å²) in [5.74, 6) is 1.36. The summed E-state index contributed by atoms with van der Waals surface area (Å²) in [6, 6.07) is 12.5. The molecule has 0 radical (unpaired) electrons. The molecular formula is C33H38N4O2. The molecular weight excluding hydrogens is 484 g/mol. The smallest absolute Gasteiger partial charge is 0.119 e. The SMILES string of the molecule is COc1ccc2c(c1)C1(CCC2)CCCn2cncc21.Oc1ccc2c(c1)C1(CCC2)CCCn2cncc21. The number of aryl methyl sites for hydroxylation is 4. The van der Waals surface area contributed by atoms with Crippen LogP contribution in [-0.4, -0.2) is 31.3 Å². The fraction of sp³-hybridized carbons (Fsp3) is 0.455. The Bertz CT molecular complexity index is 1500. The average Bonchev–Trinajstić information content (AvgIpc) is 3.66. The van der Waals surface area contributed by atoms with Gasteiger partial charge in [0.25, 0.3) is 0 Å². The highest BCUT2D eigenvalue weighted by atomic mass is 16.5. The molecule has 202 valence electrons. The predicted octanol–water partition coefficient (Wildman–Crippen LogP) is 6.31. The van der Waals surface area contributed by atoms with E-state index in [0.717, 1.165) is 25.3 Å². The van der Waals surface area contributed by atoms with Crippen molar-refractivity contribution < 1.29 is 9.84 Å². The number of nitrogens with zero attached hydrogens (tertiary/aromatic N) is 4. The third-order valence-electron chi connectivity index (χ3n) is 9.95. The highest BCUT2D eigenvalue weighted by molar-refractivity contribution is 5.48. The van der Waals surface area contributed by atoms with E-state index >= 15 is 0 Å². The van der Waals surface area contributed by atoms with Crippen LogP contribution in [0.2, 0.25) is 0 Å². The van der Waals surface area contributed by atoms with Crippen LogP contribution in [0.25, 0.3) is 0 Å². The molecule has 4 heterocycles. The van der Waals surface area contributed by atoms with Gasteiger partial charge in [-0.1, -0.05) is 12.1 Å². The number of methoxy groups -OCH3 is 1. The maximum absolute atomic E-state index is 9.88. The molecule has 2 unspecified atom stereocenters. The molecule has 2 atom stereocenters. The van der Waals surface area contributed by atoms with E-state index in [2.05, 4.69) is 49.6 Å². The number of phenolic OH excluding ortho intramolecular Hbond substituents is 1. The molecule has 6 heteroatoms. The fourth-order valence-electron chi connectivity index (χ4n) is 8.21. The van der Waals surface area contributed by atoms with Crippen molar-refractivity contribution in [2.24, 2.45) is 0 Å². The van der Waals surface area contributed by atoms with Crippen LogP contribution in [0.1, 0.15) is 85.0 Å². The lowest BCUT2D eigenvalue weighted by Gasteiger charge is -2.42. The van der Waals surface area contributed by atoms with E-state index in [1.54, 1.807) is 7.11 Å². The lowest BCUT2D eigenvalue weighted by Crippen LogP contribution is -2.37. The van der Waals surface area contributed by atoms with E-state index in [1.807, 2.05) is 31.0 Å². The van der Waals surface area contributed by atoms with Crippen molar-refractivity contribution in [3.63, 3.8) is 0 Å². The lowest BCUT2D eigenvalue weighted by atomic mass is 9.64. The molecule has 0 saturated heterocycles. The summed E-state index contributed by atoms with van der Waals surface area (Å²) in [5, 5.41) is 9.88. The zero-order chi connectivity index (χ0) is 26.5. The molecule has 0 fully saturated rings. The second-order valence-corrected chi connectivity index (χ2v) is 11.9. The van der Waals surface area contributed by atoms with Gasteiger partial charge < -0.3 is 19.0 Å².